The molecule has 1 aromatic heterocycles. The SMILES string of the molecule is O=C(NCCc1nnc(-c2ccccc2F)o1)c1ccc(C(F)(F)F)cc1. The van der Waals surface area contributed by atoms with Crippen molar-refractivity contribution in [2.75, 3.05) is 6.54 Å². The fourth-order valence-electron chi connectivity index (χ4n) is 2.29. The summed E-state index contributed by atoms with van der Waals surface area (Å²) in [6.45, 7) is 0.124. The van der Waals surface area contributed by atoms with Crippen LogP contribution in [0, 0.1) is 5.82 Å². The number of hydrogen-bond acceptors (Lipinski definition) is 4. The number of nitrogens with one attached hydrogen (secondary N) is 1. The van der Waals surface area contributed by atoms with E-state index in [2.05, 4.69) is 15.5 Å². The topological polar surface area (TPSA) is 68.0 Å². The van der Waals surface area contributed by atoms with Crippen molar-refractivity contribution in [2.24, 2.45) is 0 Å². The maximum Gasteiger partial charge on any atom is 0.416 e. The molecule has 27 heavy (non-hydrogen) atoms. The highest BCUT2D eigenvalue weighted by Crippen LogP contribution is 2.29. The third-order valence-corrected chi connectivity index (χ3v) is 3.67. The van der Waals surface area contributed by atoms with Crippen LogP contribution in [-0.2, 0) is 12.6 Å². The van der Waals surface area contributed by atoms with E-state index in [1.165, 1.54) is 18.2 Å². The van der Waals surface area contributed by atoms with Gasteiger partial charge in [-0.05, 0) is 36.4 Å². The third-order valence-electron chi connectivity index (χ3n) is 3.67. The van der Waals surface area contributed by atoms with Gasteiger partial charge in [-0.3, -0.25) is 4.79 Å². The van der Waals surface area contributed by atoms with Gasteiger partial charge in [0, 0.05) is 18.5 Å². The molecule has 3 aromatic rings. The van der Waals surface area contributed by atoms with Gasteiger partial charge in [-0.15, -0.1) is 10.2 Å². The van der Waals surface area contributed by atoms with Gasteiger partial charge in [-0.1, -0.05) is 12.1 Å². The smallest absolute Gasteiger partial charge is 0.416 e. The molecular formula is C18H13F4N3O2. The van der Waals surface area contributed by atoms with Crippen molar-refractivity contribution < 1.29 is 26.8 Å². The Bertz CT molecular complexity index is 936. The van der Waals surface area contributed by atoms with Crippen LogP contribution >= 0.6 is 0 Å². The minimum absolute atomic E-state index is 0.0252. The van der Waals surface area contributed by atoms with Gasteiger partial charge in [0.2, 0.25) is 5.89 Å². The Hall–Kier alpha value is -3.23. The van der Waals surface area contributed by atoms with Crippen LogP contribution in [0.25, 0.3) is 11.5 Å². The number of aromatic nitrogens is 2. The molecule has 5 nitrogen and oxygen atoms in total. The van der Waals surface area contributed by atoms with Crippen LogP contribution < -0.4 is 5.32 Å². The third kappa shape index (κ3) is 4.49. The predicted molar refractivity (Wildman–Crippen MR) is 87.2 cm³/mol. The zero-order valence-corrected chi connectivity index (χ0v) is 13.8. The summed E-state index contributed by atoms with van der Waals surface area (Å²) in [4.78, 5) is 12.0. The van der Waals surface area contributed by atoms with Crippen molar-refractivity contribution in [2.45, 2.75) is 12.6 Å². The molecule has 0 fully saturated rings. The second-order valence-corrected chi connectivity index (χ2v) is 5.56. The van der Waals surface area contributed by atoms with E-state index in [0.717, 1.165) is 24.3 Å². The molecule has 0 aliphatic carbocycles. The standard InChI is InChI=1S/C18H13F4N3O2/c19-14-4-2-1-3-13(14)17-25-24-15(27-17)9-10-23-16(26)11-5-7-12(8-6-11)18(20,21)22/h1-8H,9-10H2,(H,23,26). The first-order valence-electron chi connectivity index (χ1n) is 7.87. The van der Waals surface area contributed by atoms with E-state index in [-0.39, 0.29) is 35.9 Å². The van der Waals surface area contributed by atoms with Crippen molar-refractivity contribution in [1.29, 1.82) is 0 Å². The normalized spacial score (nSPS) is 11.4. The maximum absolute atomic E-state index is 13.7. The number of amides is 1. The lowest BCUT2D eigenvalue weighted by atomic mass is 10.1. The van der Waals surface area contributed by atoms with Crippen LogP contribution in [0.2, 0.25) is 0 Å². The molecule has 3 rings (SSSR count). The lowest BCUT2D eigenvalue weighted by molar-refractivity contribution is -0.137. The molecule has 2 aromatic carbocycles. The van der Waals surface area contributed by atoms with Crippen molar-refractivity contribution in [3.05, 3.63) is 71.4 Å². The molecule has 1 amide bonds. The lowest BCUT2D eigenvalue weighted by Crippen LogP contribution is -2.25. The van der Waals surface area contributed by atoms with Crippen molar-refractivity contribution in [3.63, 3.8) is 0 Å². The van der Waals surface area contributed by atoms with Gasteiger partial charge in [0.25, 0.3) is 11.8 Å². The Morgan fingerprint density at radius 3 is 2.41 bits per heavy atom. The number of halogens is 4. The fraction of sp³-hybridized carbons (Fsp3) is 0.167. The van der Waals surface area contributed by atoms with E-state index in [9.17, 15) is 22.4 Å². The number of alkyl halides is 3. The molecule has 0 aliphatic rings. The monoisotopic (exact) mass is 379 g/mol. The summed E-state index contributed by atoms with van der Waals surface area (Å²) in [5.74, 6) is -0.806. The van der Waals surface area contributed by atoms with Gasteiger partial charge >= 0.3 is 6.18 Å². The van der Waals surface area contributed by atoms with E-state index in [4.69, 9.17) is 4.42 Å². The Balaban J connectivity index is 1.56. The van der Waals surface area contributed by atoms with Crippen LogP contribution in [0.1, 0.15) is 21.8 Å². The van der Waals surface area contributed by atoms with Crippen LogP contribution in [0.15, 0.2) is 52.9 Å². The molecule has 0 aliphatic heterocycles. The van der Waals surface area contributed by atoms with Gasteiger partial charge in [0.1, 0.15) is 5.82 Å². The summed E-state index contributed by atoms with van der Waals surface area (Å²) in [7, 11) is 0. The molecule has 140 valence electrons. The average molecular weight is 379 g/mol. The van der Waals surface area contributed by atoms with Crippen LogP contribution in [0.3, 0.4) is 0 Å². The summed E-state index contributed by atoms with van der Waals surface area (Å²) in [6.07, 6.45) is -4.27. The Morgan fingerprint density at radius 2 is 1.74 bits per heavy atom. The minimum atomic E-state index is -4.46. The number of benzene rings is 2. The number of nitrogens with zero attached hydrogens (tertiary/aromatic N) is 2. The molecule has 1 N–H and O–H groups in total. The Kier molecular flexibility index (Phi) is 5.20. The van der Waals surface area contributed by atoms with E-state index in [1.54, 1.807) is 6.07 Å². The van der Waals surface area contributed by atoms with E-state index >= 15 is 0 Å². The number of hydrogen-bond donors (Lipinski definition) is 1. The van der Waals surface area contributed by atoms with E-state index < -0.39 is 23.5 Å². The summed E-state index contributed by atoms with van der Waals surface area (Å²) < 4.78 is 56.6. The van der Waals surface area contributed by atoms with Gasteiger partial charge in [-0.2, -0.15) is 13.2 Å². The predicted octanol–water partition coefficient (Wildman–Crippen LogP) is 3.87. The molecule has 0 bridgehead atoms. The fourth-order valence-corrected chi connectivity index (χ4v) is 2.29. The zero-order valence-electron chi connectivity index (χ0n) is 13.8. The Labute approximate surface area is 151 Å². The molecule has 0 saturated heterocycles. The number of carbonyl (C=O) groups is 1. The molecule has 9 heteroatoms. The molecule has 0 unspecified atom stereocenters. The van der Waals surface area contributed by atoms with Crippen molar-refractivity contribution >= 4 is 5.91 Å². The summed E-state index contributed by atoms with van der Waals surface area (Å²) in [5.41, 5.74) is -0.559. The highest BCUT2D eigenvalue weighted by atomic mass is 19.4. The highest BCUT2D eigenvalue weighted by molar-refractivity contribution is 5.94. The number of carbonyl (C=O) groups excluding carboxylic acids is 1. The van der Waals surface area contributed by atoms with E-state index in [1.807, 2.05) is 0 Å². The summed E-state index contributed by atoms with van der Waals surface area (Å²) in [6, 6.07) is 9.81. The Morgan fingerprint density at radius 1 is 1.04 bits per heavy atom. The first-order chi connectivity index (χ1) is 12.8. The van der Waals surface area contributed by atoms with Crippen LogP contribution in [0.4, 0.5) is 17.6 Å². The summed E-state index contributed by atoms with van der Waals surface area (Å²) >= 11 is 0. The van der Waals surface area contributed by atoms with Crippen molar-refractivity contribution in [1.82, 2.24) is 15.5 Å². The molecular weight excluding hydrogens is 366 g/mol. The number of rotatable bonds is 5. The first kappa shape index (κ1) is 18.6. The molecule has 0 atom stereocenters. The van der Waals surface area contributed by atoms with Gasteiger partial charge in [0.05, 0.1) is 11.1 Å². The minimum Gasteiger partial charge on any atom is -0.421 e. The van der Waals surface area contributed by atoms with Crippen LogP contribution in [0.5, 0.6) is 0 Å². The largest absolute Gasteiger partial charge is 0.421 e. The summed E-state index contributed by atoms with van der Waals surface area (Å²) in [5, 5.41) is 10.1. The zero-order chi connectivity index (χ0) is 19.4. The molecule has 0 spiro atoms. The quantitative estimate of drug-likeness (QED) is 0.684. The van der Waals surface area contributed by atoms with E-state index in [0.29, 0.717) is 0 Å². The molecule has 0 radical (unpaired) electrons. The second-order valence-electron chi connectivity index (χ2n) is 5.56. The van der Waals surface area contributed by atoms with Gasteiger partial charge in [0.15, 0.2) is 0 Å². The first-order valence-corrected chi connectivity index (χ1v) is 7.87. The van der Waals surface area contributed by atoms with Crippen LogP contribution in [-0.4, -0.2) is 22.6 Å². The molecule has 0 saturated carbocycles. The lowest BCUT2D eigenvalue weighted by Gasteiger charge is -2.07. The van der Waals surface area contributed by atoms with Gasteiger partial charge < -0.3 is 9.73 Å². The molecule has 1 heterocycles. The second kappa shape index (κ2) is 7.56. The van der Waals surface area contributed by atoms with Gasteiger partial charge in [-0.25, -0.2) is 4.39 Å². The highest BCUT2D eigenvalue weighted by Gasteiger charge is 2.30. The van der Waals surface area contributed by atoms with Crippen molar-refractivity contribution in [3.8, 4) is 11.5 Å². The average Bonchev–Trinajstić information content (AvgIpc) is 3.10. The maximum atomic E-state index is 13.7.